The van der Waals surface area contributed by atoms with Crippen molar-refractivity contribution < 1.29 is 13.5 Å². The van der Waals surface area contributed by atoms with E-state index in [0.717, 1.165) is 22.9 Å². The van der Waals surface area contributed by atoms with Crippen LogP contribution in [0.15, 0.2) is 67.0 Å². The maximum absolute atomic E-state index is 13.7. The molecule has 0 amide bonds. The number of pyridine rings is 1. The summed E-state index contributed by atoms with van der Waals surface area (Å²) in [7, 11) is 0. The van der Waals surface area contributed by atoms with Crippen LogP contribution < -0.4 is 15.4 Å². The number of ether oxygens (including phenoxy) is 1. The molecule has 0 saturated carbocycles. The summed E-state index contributed by atoms with van der Waals surface area (Å²) in [5.74, 6) is -0.595. The Labute approximate surface area is 167 Å². The minimum Gasteiger partial charge on any atom is -0.489 e. The van der Waals surface area contributed by atoms with Gasteiger partial charge in [0.1, 0.15) is 24.0 Å². The Kier molecular flexibility index (Phi) is 6.49. The molecule has 28 heavy (non-hydrogen) atoms. The number of nitrogens with zero attached hydrogens (tertiary/aromatic N) is 1. The van der Waals surface area contributed by atoms with Crippen molar-refractivity contribution >= 4 is 23.0 Å². The van der Waals surface area contributed by atoms with E-state index < -0.39 is 11.6 Å². The lowest BCUT2D eigenvalue weighted by atomic mass is 10.1. The lowest BCUT2D eigenvalue weighted by Gasteiger charge is -2.18. The van der Waals surface area contributed by atoms with Crippen LogP contribution in [-0.2, 0) is 6.61 Å². The van der Waals surface area contributed by atoms with Crippen LogP contribution in [0.2, 0.25) is 0 Å². The maximum Gasteiger partial charge on any atom is 0.171 e. The van der Waals surface area contributed by atoms with E-state index in [2.05, 4.69) is 15.6 Å². The third-order valence-electron chi connectivity index (χ3n) is 4.04. The molecular weight excluding hydrogens is 380 g/mol. The summed E-state index contributed by atoms with van der Waals surface area (Å²) in [5.41, 5.74) is 2.09. The van der Waals surface area contributed by atoms with Gasteiger partial charge in [-0.1, -0.05) is 18.2 Å². The van der Waals surface area contributed by atoms with E-state index in [1.807, 2.05) is 43.3 Å². The van der Waals surface area contributed by atoms with E-state index in [-0.39, 0.29) is 16.8 Å². The fourth-order valence-corrected chi connectivity index (χ4v) is 2.82. The first kappa shape index (κ1) is 19.7. The molecule has 2 aromatic carbocycles. The monoisotopic (exact) mass is 399 g/mol. The lowest BCUT2D eigenvalue weighted by Crippen LogP contribution is -2.31. The summed E-state index contributed by atoms with van der Waals surface area (Å²) in [6.45, 7) is 2.37. The van der Waals surface area contributed by atoms with Crippen molar-refractivity contribution in [1.29, 1.82) is 0 Å². The Bertz CT molecular complexity index is 936. The van der Waals surface area contributed by atoms with Gasteiger partial charge in [-0.2, -0.15) is 0 Å². The molecule has 0 fully saturated rings. The molecule has 0 aliphatic carbocycles. The minimum absolute atomic E-state index is 0.115. The molecule has 7 heteroatoms. The van der Waals surface area contributed by atoms with Crippen molar-refractivity contribution in [3.05, 3.63) is 89.8 Å². The van der Waals surface area contributed by atoms with Crippen LogP contribution in [0, 0.1) is 11.6 Å². The van der Waals surface area contributed by atoms with Crippen molar-refractivity contribution in [3.63, 3.8) is 0 Å². The van der Waals surface area contributed by atoms with Gasteiger partial charge < -0.3 is 15.4 Å². The molecule has 0 spiro atoms. The molecule has 3 aromatic rings. The Morgan fingerprint density at radius 2 is 1.93 bits per heavy atom. The molecule has 1 heterocycles. The highest BCUT2D eigenvalue weighted by Crippen LogP contribution is 2.19. The average molecular weight is 399 g/mol. The zero-order chi connectivity index (χ0) is 19.9. The number of hydrogen-bond acceptors (Lipinski definition) is 3. The van der Waals surface area contributed by atoms with Gasteiger partial charge in [0.05, 0.1) is 11.7 Å². The van der Waals surface area contributed by atoms with E-state index in [1.165, 1.54) is 12.1 Å². The van der Waals surface area contributed by atoms with E-state index in [4.69, 9.17) is 17.0 Å². The zero-order valence-electron chi connectivity index (χ0n) is 15.2. The molecule has 0 radical (unpaired) electrons. The summed E-state index contributed by atoms with van der Waals surface area (Å²) >= 11 is 5.21. The Balaban J connectivity index is 1.53. The fourth-order valence-electron chi connectivity index (χ4n) is 2.53. The van der Waals surface area contributed by atoms with Crippen molar-refractivity contribution in [2.45, 2.75) is 19.6 Å². The van der Waals surface area contributed by atoms with Gasteiger partial charge in [-0.3, -0.25) is 4.98 Å². The topological polar surface area (TPSA) is 46.2 Å². The molecule has 4 nitrogen and oxygen atoms in total. The van der Waals surface area contributed by atoms with Crippen LogP contribution in [0.3, 0.4) is 0 Å². The molecule has 0 saturated heterocycles. The summed E-state index contributed by atoms with van der Waals surface area (Å²) < 4.78 is 32.4. The summed E-state index contributed by atoms with van der Waals surface area (Å²) in [5, 5.41) is 6.06. The second-order valence-corrected chi connectivity index (χ2v) is 6.57. The zero-order valence-corrected chi connectivity index (χ0v) is 16.0. The van der Waals surface area contributed by atoms with Crippen LogP contribution in [0.5, 0.6) is 5.75 Å². The number of halogens is 2. The van der Waals surface area contributed by atoms with Gasteiger partial charge in [0.25, 0.3) is 0 Å². The first-order chi connectivity index (χ1) is 13.5. The summed E-state index contributed by atoms with van der Waals surface area (Å²) in [4.78, 5) is 4.05. The number of rotatable bonds is 6. The van der Waals surface area contributed by atoms with Crippen molar-refractivity contribution in [3.8, 4) is 5.75 Å². The normalized spacial score (nSPS) is 11.5. The van der Waals surface area contributed by atoms with Crippen LogP contribution >= 0.6 is 12.2 Å². The molecule has 0 aliphatic rings. The number of benzene rings is 2. The van der Waals surface area contributed by atoms with Crippen molar-refractivity contribution in [2.75, 3.05) is 5.32 Å². The molecule has 144 valence electrons. The Morgan fingerprint density at radius 3 is 2.61 bits per heavy atom. The molecule has 0 bridgehead atoms. The van der Waals surface area contributed by atoms with E-state index in [9.17, 15) is 8.78 Å². The van der Waals surface area contributed by atoms with Crippen LogP contribution in [0.1, 0.15) is 24.1 Å². The number of nitrogens with one attached hydrogen (secondary N) is 2. The molecule has 3 rings (SSSR count). The highest BCUT2D eigenvalue weighted by atomic mass is 32.1. The van der Waals surface area contributed by atoms with Crippen LogP contribution in [0.25, 0.3) is 0 Å². The summed E-state index contributed by atoms with van der Waals surface area (Å²) in [6, 6.07) is 14.6. The number of thiocarbonyl (C=S) groups is 1. The molecule has 0 aliphatic heterocycles. The highest BCUT2D eigenvalue weighted by molar-refractivity contribution is 7.80. The second kappa shape index (κ2) is 9.23. The smallest absolute Gasteiger partial charge is 0.171 e. The first-order valence-corrected chi connectivity index (χ1v) is 9.06. The van der Waals surface area contributed by atoms with Crippen LogP contribution in [-0.4, -0.2) is 10.1 Å². The number of hydrogen-bond donors (Lipinski definition) is 2. The standard InChI is InChI=1S/C21H19F2N3OS/c1-14(25-21(28)26-20-9-6-17(22)11-19(20)23)16-4-7-18(8-5-16)27-13-15-3-2-10-24-12-15/h2-12,14H,13H2,1H3,(H2,25,26,28). The Hall–Kier alpha value is -3.06. The average Bonchev–Trinajstić information content (AvgIpc) is 2.69. The van der Waals surface area contributed by atoms with Crippen LogP contribution in [0.4, 0.5) is 14.5 Å². The molecule has 1 unspecified atom stereocenters. The van der Waals surface area contributed by atoms with Gasteiger partial charge in [0, 0.05) is 24.0 Å². The predicted octanol–water partition coefficient (Wildman–Crippen LogP) is 4.99. The minimum atomic E-state index is -0.702. The predicted molar refractivity (Wildman–Crippen MR) is 109 cm³/mol. The quantitative estimate of drug-likeness (QED) is 0.572. The van der Waals surface area contributed by atoms with Gasteiger partial charge in [0.2, 0.25) is 0 Å². The fraction of sp³-hybridized carbons (Fsp3) is 0.143. The van der Waals surface area contributed by atoms with E-state index in [0.29, 0.717) is 6.61 Å². The van der Waals surface area contributed by atoms with Gasteiger partial charge in [-0.25, -0.2) is 8.78 Å². The SMILES string of the molecule is CC(NC(=S)Nc1ccc(F)cc1F)c1ccc(OCc2cccnc2)cc1. The molecule has 2 N–H and O–H groups in total. The molecule has 1 aromatic heterocycles. The van der Waals surface area contributed by atoms with Crippen molar-refractivity contribution in [1.82, 2.24) is 10.3 Å². The first-order valence-electron chi connectivity index (χ1n) is 8.65. The number of anilines is 1. The summed E-state index contributed by atoms with van der Waals surface area (Å²) in [6.07, 6.45) is 3.48. The number of aromatic nitrogens is 1. The van der Waals surface area contributed by atoms with E-state index in [1.54, 1.807) is 12.4 Å². The molecule has 1 atom stereocenters. The lowest BCUT2D eigenvalue weighted by molar-refractivity contribution is 0.305. The third kappa shape index (κ3) is 5.47. The van der Waals surface area contributed by atoms with Gasteiger partial charge in [-0.15, -0.1) is 0 Å². The third-order valence-corrected chi connectivity index (χ3v) is 4.26. The van der Waals surface area contributed by atoms with E-state index >= 15 is 0 Å². The van der Waals surface area contributed by atoms with Gasteiger partial charge in [0.15, 0.2) is 5.11 Å². The van der Waals surface area contributed by atoms with Crippen molar-refractivity contribution in [2.24, 2.45) is 0 Å². The second-order valence-electron chi connectivity index (χ2n) is 6.16. The largest absolute Gasteiger partial charge is 0.489 e. The molecular formula is C21H19F2N3OS. The Morgan fingerprint density at radius 1 is 1.14 bits per heavy atom. The van der Waals surface area contributed by atoms with Gasteiger partial charge >= 0.3 is 0 Å². The van der Waals surface area contributed by atoms with Gasteiger partial charge in [-0.05, 0) is 55.0 Å². The maximum atomic E-state index is 13.7. The highest BCUT2D eigenvalue weighted by Gasteiger charge is 2.10.